The summed E-state index contributed by atoms with van der Waals surface area (Å²) in [6.07, 6.45) is 2.27. The monoisotopic (exact) mass is 379 g/mol. The van der Waals surface area contributed by atoms with Crippen LogP contribution in [0, 0.1) is 0 Å². The number of esters is 1. The van der Waals surface area contributed by atoms with Crippen molar-refractivity contribution < 1.29 is 23.5 Å². The third-order valence-electron chi connectivity index (χ3n) is 4.52. The normalized spacial score (nSPS) is 16.1. The van der Waals surface area contributed by atoms with Gasteiger partial charge in [-0.2, -0.15) is 0 Å². The zero-order valence-corrected chi connectivity index (χ0v) is 15.4. The van der Waals surface area contributed by atoms with Crippen molar-refractivity contribution in [3.63, 3.8) is 0 Å². The summed E-state index contributed by atoms with van der Waals surface area (Å²) in [5.41, 5.74) is 1.94. The third-order valence-corrected chi connectivity index (χ3v) is 4.52. The van der Waals surface area contributed by atoms with Crippen LogP contribution >= 0.6 is 0 Å². The Bertz CT molecular complexity index is 898. The van der Waals surface area contributed by atoms with Crippen molar-refractivity contribution in [2.24, 2.45) is 0 Å². The fraction of sp³-hybridized carbons (Fsp3) is 0.273. The van der Waals surface area contributed by atoms with Crippen LogP contribution in [0.15, 0.2) is 65.2 Å². The van der Waals surface area contributed by atoms with Crippen LogP contribution in [0.3, 0.4) is 0 Å². The van der Waals surface area contributed by atoms with Gasteiger partial charge < -0.3 is 18.7 Å². The van der Waals surface area contributed by atoms with E-state index < -0.39 is 5.97 Å². The minimum absolute atomic E-state index is 0.0481. The molecule has 0 bridgehead atoms. The molecule has 1 atom stereocenters. The Kier molecular flexibility index (Phi) is 5.68. The van der Waals surface area contributed by atoms with Crippen molar-refractivity contribution in [2.75, 3.05) is 13.2 Å². The average molecular weight is 379 g/mol. The summed E-state index contributed by atoms with van der Waals surface area (Å²) in [5.74, 6) is 0.922. The zero-order chi connectivity index (χ0) is 19.2. The Morgan fingerprint density at radius 3 is 2.68 bits per heavy atom. The molecule has 6 heteroatoms. The molecular weight excluding hydrogens is 358 g/mol. The lowest BCUT2D eigenvalue weighted by atomic mass is 10.2. The van der Waals surface area contributed by atoms with E-state index in [4.69, 9.17) is 18.7 Å². The number of hydrogen-bond donors (Lipinski definition) is 0. The van der Waals surface area contributed by atoms with Gasteiger partial charge in [-0.15, -0.1) is 0 Å². The highest BCUT2D eigenvalue weighted by Gasteiger charge is 2.16. The summed E-state index contributed by atoms with van der Waals surface area (Å²) in [6.45, 7) is 1.38. The van der Waals surface area contributed by atoms with Crippen molar-refractivity contribution in [3.8, 4) is 17.1 Å². The number of carbonyl (C=O) groups is 1. The second-order valence-electron chi connectivity index (χ2n) is 6.60. The SMILES string of the molecule is O=C(OCc1cc(-c2ccccc2)on1)c1ccc(OC[C@H]2CCCO2)cc1. The van der Waals surface area contributed by atoms with Gasteiger partial charge in [0.25, 0.3) is 0 Å². The van der Waals surface area contributed by atoms with Crippen molar-refractivity contribution >= 4 is 5.97 Å². The van der Waals surface area contributed by atoms with Crippen molar-refractivity contribution in [2.45, 2.75) is 25.6 Å². The van der Waals surface area contributed by atoms with Crippen LogP contribution in [0.25, 0.3) is 11.3 Å². The number of carbonyl (C=O) groups excluding carboxylic acids is 1. The maximum absolute atomic E-state index is 12.2. The van der Waals surface area contributed by atoms with Crippen LogP contribution in [0.1, 0.15) is 28.9 Å². The quantitative estimate of drug-likeness (QED) is 0.572. The lowest BCUT2D eigenvalue weighted by Gasteiger charge is -2.11. The molecule has 6 nitrogen and oxygen atoms in total. The van der Waals surface area contributed by atoms with Crippen molar-refractivity contribution in [1.82, 2.24) is 5.16 Å². The molecule has 28 heavy (non-hydrogen) atoms. The fourth-order valence-corrected chi connectivity index (χ4v) is 2.99. The van der Waals surface area contributed by atoms with Crippen LogP contribution in [-0.2, 0) is 16.1 Å². The number of hydrogen-bond acceptors (Lipinski definition) is 6. The highest BCUT2D eigenvalue weighted by molar-refractivity contribution is 5.89. The molecule has 2 aromatic carbocycles. The molecule has 0 amide bonds. The average Bonchev–Trinajstić information content (AvgIpc) is 3.44. The van der Waals surface area contributed by atoms with Gasteiger partial charge in [-0.25, -0.2) is 4.79 Å². The predicted octanol–water partition coefficient (Wildman–Crippen LogP) is 4.26. The largest absolute Gasteiger partial charge is 0.491 e. The van der Waals surface area contributed by atoms with Gasteiger partial charge in [0.1, 0.15) is 24.7 Å². The predicted molar refractivity (Wildman–Crippen MR) is 102 cm³/mol. The second-order valence-corrected chi connectivity index (χ2v) is 6.60. The lowest BCUT2D eigenvalue weighted by molar-refractivity contribution is 0.0464. The molecular formula is C22H21NO5. The zero-order valence-electron chi connectivity index (χ0n) is 15.4. The van der Waals surface area contributed by atoms with Crippen LogP contribution in [-0.4, -0.2) is 30.4 Å². The number of aromatic nitrogens is 1. The first kappa shape index (κ1) is 18.3. The Morgan fingerprint density at radius 1 is 1.11 bits per heavy atom. The Labute approximate surface area is 163 Å². The van der Waals surface area contributed by atoms with Gasteiger partial charge in [-0.1, -0.05) is 35.5 Å². The molecule has 1 aromatic heterocycles. The molecule has 0 aliphatic carbocycles. The molecule has 1 aliphatic rings. The van der Waals surface area contributed by atoms with Gasteiger partial charge in [-0.05, 0) is 37.1 Å². The molecule has 1 aliphatic heterocycles. The van der Waals surface area contributed by atoms with Crippen molar-refractivity contribution in [3.05, 3.63) is 71.9 Å². The van der Waals surface area contributed by atoms with Crippen LogP contribution in [0.2, 0.25) is 0 Å². The van der Waals surface area contributed by atoms with E-state index in [1.54, 1.807) is 30.3 Å². The Balaban J connectivity index is 1.28. The van der Waals surface area contributed by atoms with Gasteiger partial charge in [-0.3, -0.25) is 0 Å². The molecule has 4 rings (SSSR count). The van der Waals surface area contributed by atoms with E-state index in [2.05, 4.69) is 5.16 Å². The smallest absolute Gasteiger partial charge is 0.338 e. The molecule has 1 fully saturated rings. The highest BCUT2D eigenvalue weighted by atomic mass is 16.5. The molecule has 0 spiro atoms. The molecule has 144 valence electrons. The third kappa shape index (κ3) is 4.58. The summed E-state index contributed by atoms with van der Waals surface area (Å²) in [7, 11) is 0. The van der Waals surface area contributed by atoms with E-state index in [0.717, 1.165) is 25.0 Å². The first-order chi connectivity index (χ1) is 13.8. The molecule has 1 saturated heterocycles. The van der Waals surface area contributed by atoms with Gasteiger partial charge in [0.15, 0.2) is 5.76 Å². The number of rotatable bonds is 7. The van der Waals surface area contributed by atoms with E-state index in [-0.39, 0.29) is 12.7 Å². The van der Waals surface area contributed by atoms with E-state index in [1.807, 2.05) is 30.3 Å². The number of ether oxygens (including phenoxy) is 3. The highest BCUT2D eigenvalue weighted by Crippen LogP contribution is 2.21. The van der Waals surface area contributed by atoms with E-state index in [9.17, 15) is 4.79 Å². The van der Waals surface area contributed by atoms with E-state index in [1.165, 1.54) is 0 Å². The first-order valence-corrected chi connectivity index (χ1v) is 9.30. The van der Waals surface area contributed by atoms with Crippen LogP contribution in [0.4, 0.5) is 0 Å². The minimum atomic E-state index is -0.421. The van der Waals surface area contributed by atoms with E-state index in [0.29, 0.717) is 29.4 Å². The van der Waals surface area contributed by atoms with Crippen molar-refractivity contribution in [1.29, 1.82) is 0 Å². The maximum Gasteiger partial charge on any atom is 0.338 e. The summed E-state index contributed by atoms with van der Waals surface area (Å²) < 4.78 is 21.9. The van der Waals surface area contributed by atoms with Crippen LogP contribution in [0.5, 0.6) is 5.75 Å². The molecule has 0 radical (unpaired) electrons. The summed E-state index contributed by atoms with van der Waals surface area (Å²) in [4.78, 5) is 12.2. The minimum Gasteiger partial charge on any atom is -0.491 e. The molecule has 3 aromatic rings. The maximum atomic E-state index is 12.2. The second kappa shape index (κ2) is 8.71. The van der Waals surface area contributed by atoms with Gasteiger partial charge in [0.2, 0.25) is 0 Å². The van der Waals surface area contributed by atoms with Gasteiger partial charge in [0.05, 0.1) is 11.7 Å². The molecule has 0 unspecified atom stereocenters. The fourth-order valence-electron chi connectivity index (χ4n) is 2.99. The van der Waals surface area contributed by atoms with Crippen LogP contribution < -0.4 is 4.74 Å². The van der Waals surface area contributed by atoms with Gasteiger partial charge in [0, 0.05) is 18.2 Å². The summed E-state index contributed by atoms with van der Waals surface area (Å²) in [6, 6.07) is 18.3. The molecule has 0 N–H and O–H groups in total. The number of nitrogens with zero attached hydrogens (tertiary/aromatic N) is 1. The summed E-state index contributed by atoms with van der Waals surface area (Å²) in [5, 5.41) is 3.95. The lowest BCUT2D eigenvalue weighted by Crippen LogP contribution is -2.16. The van der Waals surface area contributed by atoms with Gasteiger partial charge >= 0.3 is 5.97 Å². The Hall–Kier alpha value is -3.12. The Morgan fingerprint density at radius 2 is 1.93 bits per heavy atom. The summed E-state index contributed by atoms with van der Waals surface area (Å²) >= 11 is 0. The topological polar surface area (TPSA) is 70.8 Å². The molecule has 2 heterocycles. The molecule has 0 saturated carbocycles. The van der Waals surface area contributed by atoms with E-state index >= 15 is 0 Å². The first-order valence-electron chi connectivity index (χ1n) is 9.30. The number of benzene rings is 2. The standard InChI is InChI=1S/C22H21NO5/c24-22(17-8-10-19(11-9-17)26-15-20-7-4-12-25-20)27-14-18-13-21(28-23-18)16-5-2-1-3-6-16/h1-3,5-6,8-11,13,20H,4,7,12,14-15H2/t20-/m1/s1.